The predicted molar refractivity (Wildman–Crippen MR) is 111 cm³/mol. The van der Waals surface area contributed by atoms with E-state index in [0.29, 0.717) is 12.3 Å². The summed E-state index contributed by atoms with van der Waals surface area (Å²) in [6.07, 6.45) is 1.67. The molecule has 0 radical (unpaired) electrons. The molecule has 3 aromatic rings. The molecule has 5 heteroatoms. The molecule has 0 aliphatic heterocycles. The Balaban J connectivity index is 1.57. The molecule has 0 heterocycles. The molecule has 0 fully saturated rings. The number of carboxylic acids is 1. The summed E-state index contributed by atoms with van der Waals surface area (Å²) < 4.78 is 5.88. The zero-order valence-electron chi connectivity index (χ0n) is 15.8. The minimum absolute atomic E-state index is 0.213. The number of carboxylic acid groups (broad SMARTS) is 1. The summed E-state index contributed by atoms with van der Waals surface area (Å²) in [6.45, 7) is 4.68. The van der Waals surface area contributed by atoms with Crippen molar-refractivity contribution in [2.75, 3.05) is 5.43 Å². The lowest BCUT2D eigenvalue weighted by atomic mass is 10.1. The summed E-state index contributed by atoms with van der Waals surface area (Å²) in [7, 11) is 0. The van der Waals surface area contributed by atoms with Crippen molar-refractivity contribution in [2.24, 2.45) is 5.10 Å². The summed E-state index contributed by atoms with van der Waals surface area (Å²) in [5.41, 5.74) is 8.18. The fraction of sp³-hybridized carbons (Fsp3) is 0.130. The van der Waals surface area contributed by atoms with Crippen LogP contribution in [-0.4, -0.2) is 17.3 Å². The minimum atomic E-state index is -0.968. The Hall–Kier alpha value is -3.60. The normalized spacial score (nSPS) is 10.8. The lowest BCUT2D eigenvalue weighted by Crippen LogP contribution is -1.99. The number of anilines is 1. The average molecular weight is 374 g/mol. The van der Waals surface area contributed by atoms with Crippen molar-refractivity contribution >= 4 is 17.9 Å². The molecule has 0 spiro atoms. The van der Waals surface area contributed by atoms with Gasteiger partial charge in [-0.15, -0.1) is 0 Å². The highest BCUT2D eigenvalue weighted by Gasteiger charge is 2.03. The smallest absolute Gasteiger partial charge is 0.335 e. The molecular formula is C23H22N2O3. The van der Waals surface area contributed by atoms with Crippen LogP contribution in [0.15, 0.2) is 71.8 Å². The molecule has 3 aromatic carbocycles. The largest absolute Gasteiger partial charge is 0.489 e. The van der Waals surface area contributed by atoms with E-state index in [2.05, 4.69) is 42.6 Å². The van der Waals surface area contributed by atoms with Crippen molar-refractivity contribution in [1.29, 1.82) is 0 Å². The van der Waals surface area contributed by atoms with Crippen LogP contribution >= 0.6 is 0 Å². The Morgan fingerprint density at radius 2 is 1.86 bits per heavy atom. The maximum absolute atomic E-state index is 11.0. The maximum Gasteiger partial charge on any atom is 0.335 e. The number of aromatic carboxylic acids is 1. The second-order valence-electron chi connectivity index (χ2n) is 6.54. The van der Waals surface area contributed by atoms with Gasteiger partial charge in [0.25, 0.3) is 0 Å². The molecule has 0 bridgehead atoms. The van der Waals surface area contributed by atoms with E-state index in [1.165, 1.54) is 28.8 Å². The Bertz CT molecular complexity index is 995. The standard InChI is InChI=1S/C23H22N2O3/c1-16-6-7-17(2)20(12-16)15-28-22-10-8-18(9-11-22)14-24-25-21-5-3-4-19(13-21)23(26)27/h3-14,25H,15H2,1-2H3,(H,26,27). The number of ether oxygens (including phenoxy) is 1. The van der Waals surface area contributed by atoms with E-state index in [4.69, 9.17) is 9.84 Å². The van der Waals surface area contributed by atoms with Crippen LogP contribution in [0.25, 0.3) is 0 Å². The Morgan fingerprint density at radius 3 is 2.61 bits per heavy atom. The van der Waals surface area contributed by atoms with Crippen molar-refractivity contribution in [2.45, 2.75) is 20.5 Å². The molecule has 0 saturated heterocycles. The van der Waals surface area contributed by atoms with Crippen molar-refractivity contribution in [3.63, 3.8) is 0 Å². The lowest BCUT2D eigenvalue weighted by molar-refractivity contribution is 0.0697. The van der Waals surface area contributed by atoms with Gasteiger partial charge in [0.15, 0.2) is 0 Å². The van der Waals surface area contributed by atoms with Gasteiger partial charge in [-0.2, -0.15) is 5.10 Å². The molecule has 0 atom stereocenters. The first-order valence-corrected chi connectivity index (χ1v) is 8.93. The van der Waals surface area contributed by atoms with E-state index in [1.54, 1.807) is 18.3 Å². The molecule has 28 heavy (non-hydrogen) atoms. The van der Waals surface area contributed by atoms with E-state index in [-0.39, 0.29) is 5.56 Å². The van der Waals surface area contributed by atoms with Crippen molar-refractivity contribution in [3.05, 3.63) is 94.5 Å². The molecule has 142 valence electrons. The van der Waals surface area contributed by atoms with Gasteiger partial charge in [-0.3, -0.25) is 5.43 Å². The van der Waals surface area contributed by atoms with E-state index in [0.717, 1.165) is 11.3 Å². The number of hydrogen-bond acceptors (Lipinski definition) is 4. The Labute approximate surface area is 164 Å². The molecule has 0 aliphatic carbocycles. The fourth-order valence-corrected chi connectivity index (χ4v) is 2.67. The van der Waals surface area contributed by atoms with Gasteiger partial charge in [-0.05, 0) is 73.0 Å². The number of nitrogens with zero attached hydrogens (tertiary/aromatic N) is 1. The summed E-state index contributed by atoms with van der Waals surface area (Å²) >= 11 is 0. The van der Waals surface area contributed by atoms with E-state index in [1.807, 2.05) is 24.3 Å². The SMILES string of the molecule is Cc1ccc(C)c(COc2ccc(C=NNc3cccc(C(=O)O)c3)cc2)c1. The molecule has 0 saturated carbocycles. The number of benzene rings is 3. The van der Waals surface area contributed by atoms with Gasteiger partial charge in [0.2, 0.25) is 0 Å². The van der Waals surface area contributed by atoms with E-state index < -0.39 is 5.97 Å². The van der Waals surface area contributed by atoms with E-state index >= 15 is 0 Å². The maximum atomic E-state index is 11.0. The van der Waals surface area contributed by atoms with E-state index in [9.17, 15) is 4.79 Å². The van der Waals surface area contributed by atoms with Crippen molar-refractivity contribution < 1.29 is 14.6 Å². The average Bonchev–Trinajstić information content (AvgIpc) is 2.70. The van der Waals surface area contributed by atoms with Gasteiger partial charge in [0.05, 0.1) is 17.5 Å². The summed E-state index contributed by atoms with van der Waals surface area (Å²) in [5.74, 6) is -0.177. The molecule has 0 aromatic heterocycles. The van der Waals surface area contributed by atoms with Gasteiger partial charge < -0.3 is 9.84 Å². The number of nitrogens with one attached hydrogen (secondary N) is 1. The van der Waals surface area contributed by atoms with Gasteiger partial charge in [-0.1, -0.05) is 29.8 Å². The fourth-order valence-electron chi connectivity index (χ4n) is 2.67. The third-order valence-electron chi connectivity index (χ3n) is 4.30. The molecule has 5 nitrogen and oxygen atoms in total. The summed E-state index contributed by atoms with van der Waals surface area (Å²) in [6, 6.07) is 20.5. The first-order valence-electron chi connectivity index (χ1n) is 8.93. The lowest BCUT2D eigenvalue weighted by Gasteiger charge is -2.10. The van der Waals surface area contributed by atoms with Gasteiger partial charge in [0.1, 0.15) is 12.4 Å². The van der Waals surface area contributed by atoms with Crippen LogP contribution in [0.2, 0.25) is 0 Å². The van der Waals surface area contributed by atoms with Gasteiger partial charge in [0, 0.05) is 0 Å². The number of carbonyl (C=O) groups is 1. The van der Waals surface area contributed by atoms with Gasteiger partial charge >= 0.3 is 5.97 Å². The van der Waals surface area contributed by atoms with Crippen LogP contribution in [0.1, 0.15) is 32.6 Å². The first kappa shape index (κ1) is 19.2. The third-order valence-corrected chi connectivity index (χ3v) is 4.30. The van der Waals surface area contributed by atoms with Crippen molar-refractivity contribution in [3.8, 4) is 5.75 Å². The third kappa shape index (κ3) is 5.20. The first-order chi connectivity index (χ1) is 13.5. The molecule has 2 N–H and O–H groups in total. The number of hydrogen-bond donors (Lipinski definition) is 2. The van der Waals surface area contributed by atoms with Crippen molar-refractivity contribution in [1.82, 2.24) is 0 Å². The van der Waals surface area contributed by atoms with Crippen LogP contribution in [0.3, 0.4) is 0 Å². The minimum Gasteiger partial charge on any atom is -0.489 e. The molecule has 0 unspecified atom stereocenters. The second-order valence-corrected chi connectivity index (χ2v) is 6.54. The van der Waals surface area contributed by atoms with Gasteiger partial charge in [-0.25, -0.2) is 4.79 Å². The van der Waals surface area contributed by atoms with Crippen LogP contribution in [0.4, 0.5) is 5.69 Å². The highest BCUT2D eigenvalue weighted by molar-refractivity contribution is 5.88. The number of hydrazone groups is 1. The van der Waals surface area contributed by atoms with Crippen LogP contribution in [-0.2, 0) is 6.61 Å². The molecule has 3 rings (SSSR count). The van der Waals surface area contributed by atoms with Crippen LogP contribution < -0.4 is 10.2 Å². The Morgan fingerprint density at radius 1 is 1.07 bits per heavy atom. The zero-order valence-corrected chi connectivity index (χ0v) is 15.8. The number of rotatable bonds is 7. The second kappa shape index (κ2) is 8.86. The number of aryl methyl sites for hydroxylation is 2. The molecular weight excluding hydrogens is 352 g/mol. The van der Waals surface area contributed by atoms with Crippen LogP contribution in [0.5, 0.6) is 5.75 Å². The summed E-state index contributed by atoms with van der Waals surface area (Å²) in [4.78, 5) is 11.0. The zero-order chi connectivity index (χ0) is 19.9. The Kier molecular flexibility index (Phi) is 6.07. The van der Waals surface area contributed by atoms with Crippen LogP contribution in [0, 0.1) is 13.8 Å². The monoisotopic (exact) mass is 374 g/mol. The summed E-state index contributed by atoms with van der Waals surface area (Å²) in [5, 5.41) is 13.2. The molecule has 0 amide bonds. The highest BCUT2D eigenvalue weighted by atomic mass is 16.5. The molecule has 0 aliphatic rings. The quantitative estimate of drug-likeness (QED) is 0.450. The highest BCUT2D eigenvalue weighted by Crippen LogP contribution is 2.17. The topological polar surface area (TPSA) is 70.9 Å². The predicted octanol–water partition coefficient (Wildman–Crippen LogP) is 5.03.